The third-order valence-corrected chi connectivity index (χ3v) is 6.21. The van der Waals surface area contributed by atoms with E-state index in [0.29, 0.717) is 13.1 Å². The topological polar surface area (TPSA) is 76.9 Å². The van der Waals surface area contributed by atoms with E-state index in [2.05, 4.69) is 14.8 Å². The number of aromatic nitrogens is 3. The van der Waals surface area contributed by atoms with Crippen LogP contribution in [-0.2, 0) is 16.6 Å². The standard InChI is InChI=1S/C16H22N4O2S/c21-23(22,15-4-2-1-3-5-15)18-11-13-20-12-8-16(19-20)14-6-9-17-10-7-14/h6-10,12,15,18H,1-5,11,13H2. The third kappa shape index (κ3) is 4.17. The van der Waals surface area contributed by atoms with E-state index in [1.165, 1.54) is 0 Å². The summed E-state index contributed by atoms with van der Waals surface area (Å²) < 4.78 is 29.0. The summed E-state index contributed by atoms with van der Waals surface area (Å²) in [6.45, 7) is 0.896. The molecule has 6 nitrogen and oxygen atoms in total. The summed E-state index contributed by atoms with van der Waals surface area (Å²) >= 11 is 0. The lowest BCUT2D eigenvalue weighted by Crippen LogP contribution is -2.37. The predicted octanol–water partition coefficient (Wildman–Crippen LogP) is 2.20. The van der Waals surface area contributed by atoms with Crippen molar-refractivity contribution in [3.05, 3.63) is 36.8 Å². The molecule has 1 N–H and O–H groups in total. The Kier molecular flexibility index (Phi) is 5.07. The smallest absolute Gasteiger partial charge is 0.214 e. The molecular weight excluding hydrogens is 312 g/mol. The Balaban J connectivity index is 1.54. The molecule has 2 aromatic rings. The molecule has 1 aliphatic rings. The van der Waals surface area contributed by atoms with Gasteiger partial charge in [-0.15, -0.1) is 0 Å². The molecule has 0 spiro atoms. The maximum atomic E-state index is 12.3. The molecule has 0 amide bonds. The summed E-state index contributed by atoms with van der Waals surface area (Å²) in [5.74, 6) is 0. The number of hydrogen-bond donors (Lipinski definition) is 1. The van der Waals surface area contributed by atoms with E-state index in [1.807, 2.05) is 24.4 Å². The van der Waals surface area contributed by atoms with Gasteiger partial charge in [0.1, 0.15) is 0 Å². The molecule has 0 aromatic carbocycles. The van der Waals surface area contributed by atoms with Gasteiger partial charge in [0, 0.05) is 30.7 Å². The highest BCUT2D eigenvalue weighted by Crippen LogP contribution is 2.22. The number of hydrogen-bond acceptors (Lipinski definition) is 4. The van der Waals surface area contributed by atoms with Gasteiger partial charge in [-0.1, -0.05) is 19.3 Å². The lowest BCUT2D eigenvalue weighted by atomic mass is 10.0. The number of nitrogens with zero attached hydrogens (tertiary/aromatic N) is 3. The van der Waals surface area contributed by atoms with E-state index in [0.717, 1.165) is 43.4 Å². The molecule has 0 atom stereocenters. The first kappa shape index (κ1) is 16.1. The van der Waals surface area contributed by atoms with Gasteiger partial charge in [-0.2, -0.15) is 5.10 Å². The number of sulfonamides is 1. The highest BCUT2D eigenvalue weighted by Gasteiger charge is 2.26. The first-order valence-electron chi connectivity index (χ1n) is 8.07. The predicted molar refractivity (Wildman–Crippen MR) is 89.3 cm³/mol. The van der Waals surface area contributed by atoms with Crippen LogP contribution in [-0.4, -0.2) is 35.0 Å². The number of rotatable bonds is 6. The summed E-state index contributed by atoms with van der Waals surface area (Å²) in [7, 11) is -3.20. The minimum atomic E-state index is -3.20. The van der Waals surface area contributed by atoms with Crippen LogP contribution in [0.25, 0.3) is 11.3 Å². The van der Waals surface area contributed by atoms with Crippen LogP contribution in [0.1, 0.15) is 32.1 Å². The minimum absolute atomic E-state index is 0.221. The molecule has 1 aliphatic carbocycles. The first-order chi connectivity index (χ1) is 11.1. The van der Waals surface area contributed by atoms with E-state index < -0.39 is 10.0 Å². The van der Waals surface area contributed by atoms with Gasteiger partial charge in [-0.05, 0) is 31.0 Å². The van der Waals surface area contributed by atoms with Crippen molar-refractivity contribution in [2.75, 3.05) is 6.54 Å². The van der Waals surface area contributed by atoms with Gasteiger partial charge < -0.3 is 0 Å². The molecule has 0 unspecified atom stereocenters. The van der Waals surface area contributed by atoms with Gasteiger partial charge in [0.2, 0.25) is 10.0 Å². The van der Waals surface area contributed by atoms with Crippen LogP contribution in [0.5, 0.6) is 0 Å². The first-order valence-corrected chi connectivity index (χ1v) is 9.62. The molecule has 1 saturated carbocycles. The van der Waals surface area contributed by atoms with E-state index in [1.54, 1.807) is 17.1 Å². The van der Waals surface area contributed by atoms with Crippen molar-refractivity contribution in [1.29, 1.82) is 0 Å². The molecular formula is C16H22N4O2S. The zero-order chi connectivity index (χ0) is 16.1. The molecule has 2 aromatic heterocycles. The molecule has 0 aliphatic heterocycles. The van der Waals surface area contributed by atoms with Gasteiger partial charge >= 0.3 is 0 Å². The molecule has 1 fully saturated rings. The summed E-state index contributed by atoms with van der Waals surface area (Å²) in [5, 5.41) is 4.25. The van der Waals surface area contributed by atoms with Gasteiger partial charge in [0.05, 0.1) is 17.5 Å². The average molecular weight is 334 g/mol. The van der Waals surface area contributed by atoms with Crippen molar-refractivity contribution in [2.45, 2.75) is 43.9 Å². The Morgan fingerprint density at radius 2 is 1.87 bits per heavy atom. The number of pyridine rings is 1. The molecule has 0 saturated heterocycles. The molecule has 3 rings (SSSR count). The molecule has 124 valence electrons. The van der Waals surface area contributed by atoms with Gasteiger partial charge in [-0.25, -0.2) is 13.1 Å². The zero-order valence-corrected chi connectivity index (χ0v) is 13.9. The highest BCUT2D eigenvalue weighted by atomic mass is 32.2. The third-order valence-electron chi connectivity index (χ3n) is 4.25. The van der Waals surface area contributed by atoms with Crippen LogP contribution < -0.4 is 4.72 Å². The highest BCUT2D eigenvalue weighted by molar-refractivity contribution is 7.90. The molecule has 0 bridgehead atoms. The van der Waals surface area contributed by atoms with E-state index in [9.17, 15) is 8.42 Å². The van der Waals surface area contributed by atoms with Crippen molar-refractivity contribution >= 4 is 10.0 Å². The van der Waals surface area contributed by atoms with Crippen LogP contribution in [0, 0.1) is 0 Å². The summed E-state index contributed by atoms with van der Waals surface area (Å²) in [4.78, 5) is 3.99. The van der Waals surface area contributed by atoms with Crippen molar-refractivity contribution < 1.29 is 8.42 Å². The van der Waals surface area contributed by atoms with E-state index >= 15 is 0 Å². The monoisotopic (exact) mass is 334 g/mol. The lowest BCUT2D eigenvalue weighted by Gasteiger charge is -2.21. The SMILES string of the molecule is O=S(=O)(NCCn1ccc(-c2ccncc2)n1)C1CCCCC1. The zero-order valence-electron chi connectivity index (χ0n) is 13.1. The Hall–Kier alpha value is -1.73. The van der Waals surface area contributed by atoms with Crippen molar-refractivity contribution in [2.24, 2.45) is 0 Å². The molecule has 7 heteroatoms. The second-order valence-electron chi connectivity index (χ2n) is 5.90. The fraction of sp³-hybridized carbons (Fsp3) is 0.500. The minimum Gasteiger partial charge on any atom is -0.271 e. The van der Waals surface area contributed by atoms with Crippen LogP contribution in [0.4, 0.5) is 0 Å². The van der Waals surface area contributed by atoms with E-state index in [4.69, 9.17) is 0 Å². The Morgan fingerprint density at radius 3 is 2.61 bits per heavy atom. The van der Waals surface area contributed by atoms with Crippen LogP contribution in [0.3, 0.4) is 0 Å². The van der Waals surface area contributed by atoms with Crippen molar-refractivity contribution in [3.63, 3.8) is 0 Å². The molecule has 23 heavy (non-hydrogen) atoms. The maximum Gasteiger partial charge on any atom is 0.214 e. The van der Waals surface area contributed by atoms with Crippen molar-refractivity contribution in [1.82, 2.24) is 19.5 Å². The second kappa shape index (κ2) is 7.23. The van der Waals surface area contributed by atoms with Crippen LogP contribution in [0.2, 0.25) is 0 Å². The average Bonchev–Trinajstić information content (AvgIpc) is 3.05. The largest absolute Gasteiger partial charge is 0.271 e. The lowest BCUT2D eigenvalue weighted by molar-refractivity contribution is 0.475. The molecule has 2 heterocycles. The van der Waals surface area contributed by atoms with Crippen LogP contribution >= 0.6 is 0 Å². The fourth-order valence-corrected chi connectivity index (χ4v) is 4.52. The Labute approximate surface area is 137 Å². The van der Waals surface area contributed by atoms with Gasteiger partial charge in [-0.3, -0.25) is 9.67 Å². The summed E-state index contributed by atoms with van der Waals surface area (Å²) in [5.41, 5.74) is 1.86. The summed E-state index contributed by atoms with van der Waals surface area (Å²) in [6.07, 6.45) is 10.1. The Bertz CT molecular complexity index is 722. The summed E-state index contributed by atoms with van der Waals surface area (Å²) in [6, 6.07) is 5.72. The maximum absolute atomic E-state index is 12.3. The number of nitrogens with one attached hydrogen (secondary N) is 1. The second-order valence-corrected chi connectivity index (χ2v) is 7.94. The fourth-order valence-electron chi connectivity index (χ4n) is 2.96. The quantitative estimate of drug-likeness (QED) is 0.878. The van der Waals surface area contributed by atoms with Gasteiger partial charge in [0.25, 0.3) is 0 Å². The van der Waals surface area contributed by atoms with Crippen molar-refractivity contribution in [3.8, 4) is 11.3 Å². The molecule has 0 radical (unpaired) electrons. The van der Waals surface area contributed by atoms with Crippen LogP contribution in [0.15, 0.2) is 36.8 Å². The van der Waals surface area contributed by atoms with E-state index in [-0.39, 0.29) is 5.25 Å². The van der Waals surface area contributed by atoms with Gasteiger partial charge in [0.15, 0.2) is 0 Å². The Morgan fingerprint density at radius 1 is 1.13 bits per heavy atom. The normalized spacial score (nSPS) is 16.5.